The van der Waals surface area contributed by atoms with Crippen LogP contribution in [0, 0.1) is 29.6 Å². The van der Waals surface area contributed by atoms with E-state index in [4.69, 9.17) is 23.2 Å². The van der Waals surface area contributed by atoms with Crippen molar-refractivity contribution in [1.82, 2.24) is 9.80 Å². The molecule has 0 spiro atoms. The summed E-state index contributed by atoms with van der Waals surface area (Å²) < 4.78 is 0. The molecule has 0 aromatic heterocycles. The summed E-state index contributed by atoms with van der Waals surface area (Å²) in [6, 6.07) is 0.146. The number of Topliss-reactive ketones (excluding diaryl/α,β-unsaturated/α-hetero) is 2. The first-order valence-electron chi connectivity index (χ1n) is 12.7. The number of hydrogen-bond acceptors (Lipinski definition) is 5. The molecule has 0 radical (unpaired) electrons. The standard InChI is InChI=1S/C25H40Cl2N2O4/c1-16(2)29-15-21(25(32)33)24(31)20-8-7-19(13-22(20)29)23(30)18-5-3-17(4-6-18)14-28(11-9-26)12-10-27/h16-22H,3-15H2,1-2H3,(H,32,33). The molecule has 1 heterocycles. The summed E-state index contributed by atoms with van der Waals surface area (Å²) in [4.78, 5) is 42.4. The molecule has 3 rings (SSSR count). The highest BCUT2D eigenvalue weighted by atomic mass is 35.5. The van der Waals surface area contributed by atoms with E-state index < -0.39 is 11.9 Å². The van der Waals surface area contributed by atoms with Gasteiger partial charge < -0.3 is 10.0 Å². The van der Waals surface area contributed by atoms with Gasteiger partial charge in [0.25, 0.3) is 0 Å². The molecule has 2 aliphatic carbocycles. The topological polar surface area (TPSA) is 77.9 Å². The Labute approximate surface area is 208 Å². The molecule has 3 fully saturated rings. The third kappa shape index (κ3) is 6.50. The van der Waals surface area contributed by atoms with Gasteiger partial charge in [0.15, 0.2) is 5.78 Å². The fraction of sp³-hybridized carbons (Fsp3) is 0.880. The van der Waals surface area contributed by atoms with E-state index in [1.165, 1.54) is 0 Å². The molecule has 1 N–H and O–H groups in total. The average Bonchev–Trinajstić information content (AvgIpc) is 2.79. The zero-order valence-corrected chi connectivity index (χ0v) is 21.6. The molecular formula is C25H40Cl2N2O4. The normalized spacial score (nSPS) is 33.3. The van der Waals surface area contributed by atoms with Crippen LogP contribution in [0.25, 0.3) is 0 Å². The molecule has 1 aliphatic heterocycles. The van der Waals surface area contributed by atoms with E-state index in [1.807, 2.05) is 0 Å². The highest BCUT2D eigenvalue weighted by molar-refractivity contribution is 6.18. The lowest BCUT2D eigenvalue weighted by Crippen LogP contribution is -2.60. The Morgan fingerprint density at radius 3 is 2.18 bits per heavy atom. The van der Waals surface area contributed by atoms with E-state index in [9.17, 15) is 19.5 Å². The molecule has 0 aromatic carbocycles. The van der Waals surface area contributed by atoms with Crippen LogP contribution in [0.1, 0.15) is 58.8 Å². The number of carboxylic acid groups (broad SMARTS) is 1. The third-order valence-electron chi connectivity index (χ3n) is 8.28. The Morgan fingerprint density at radius 1 is 1.03 bits per heavy atom. The fourth-order valence-electron chi connectivity index (χ4n) is 6.45. The minimum absolute atomic E-state index is 0.00720. The number of halogens is 2. The molecular weight excluding hydrogens is 463 g/mol. The summed E-state index contributed by atoms with van der Waals surface area (Å²) in [5.41, 5.74) is 0. The van der Waals surface area contributed by atoms with Gasteiger partial charge in [0.2, 0.25) is 0 Å². The second kappa shape index (κ2) is 12.3. The van der Waals surface area contributed by atoms with Gasteiger partial charge in [-0.25, -0.2) is 0 Å². The predicted octanol–water partition coefficient (Wildman–Crippen LogP) is 3.92. The summed E-state index contributed by atoms with van der Waals surface area (Å²) in [7, 11) is 0. The molecule has 0 aromatic rings. The number of alkyl halides is 2. The second-order valence-corrected chi connectivity index (χ2v) is 11.3. The van der Waals surface area contributed by atoms with Gasteiger partial charge in [-0.15, -0.1) is 23.2 Å². The molecule has 1 saturated heterocycles. The van der Waals surface area contributed by atoms with E-state index in [1.54, 1.807) is 0 Å². The van der Waals surface area contributed by atoms with Gasteiger partial charge in [-0.1, -0.05) is 0 Å². The van der Waals surface area contributed by atoms with Crippen molar-refractivity contribution in [2.75, 3.05) is 37.9 Å². The predicted molar refractivity (Wildman–Crippen MR) is 131 cm³/mol. The fourth-order valence-corrected chi connectivity index (χ4v) is 6.93. The number of piperidine rings is 1. The maximum Gasteiger partial charge on any atom is 0.315 e. The smallest absolute Gasteiger partial charge is 0.315 e. The molecule has 4 atom stereocenters. The van der Waals surface area contributed by atoms with Crippen LogP contribution in [0.5, 0.6) is 0 Å². The van der Waals surface area contributed by atoms with Crippen molar-refractivity contribution < 1.29 is 19.5 Å². The highest BCUT2D eigenvalue weighted by Crippen LogP contribution is 2.42. The van der Waals surface area contributed by atoms with Crippen molar-refractivity contribution in [3.05, 3.63) is 0 Å². The first-order chi connectivity index (χ1) is 15.8. The zero-order chi connectivity index (χ0) is 24.1. The quantitative estimate of drug-likeness (QED) is 0.360. The second-order valence-electron chi connectivity index (χ2n) is 10.6. The van der Waals surface area contributed by atoms with Crippen molar-refractivity contribution in [2.24, 2.45) is 29.6 Å². The first kappa shape index (κ1) is 26.9. The van der Waals surface area contributed by atoms with Crippen LogP contribution in [0.2, 0.25) is 0 Å². The number of likely N-dealkylation sites (tertiary alicyclic amines) is 1. The van der Waals surface area contributed by atoms with E-state index in [2.05, 4.69) is 23.6 Å². The molecule has 33 heavy (non-hydrogen) atoms. The summed E-state index contributed by atoms with van der Waals surface area (Å²) in [5, 5.41) is 9.53. The molecule has 0 amide bonds. The van der Waals surface area contributed by atoms with E-state index in [-0.39, 0.29) is 42.2 Å². The van der Waals surface area contributed by atoms with Crippen LogP contribution in [0.4, 0.5) is 0 Å². The number of ketones is 2. The van der Waals surface area contributed by atoms with E-state index in [0.29, 0.717) is 42.7 Å². The van der Waals surface area contributed by atoms with Crippen LogP contribution < -0.4 is 0 Å². The van der Waals surface area contributed by atoms with Gasteiger partial charge in [0.05, 0.1) is 0 Å². The Hall–Kier alpha value is -0.690. The van der Waals surface area contributed by atoms with Crippen LogP contribution >= 0.6 is 23.2 Å². The average molecular weight is 504 g/mol. The molecule has 8 heteroatoms. The molecule has 3 aliphatic rings. The van der Waals surface area contributed by atoms with Gasteiger partial charge in [-0.3, -0.25) is 19.3 Å². The first-order valence-corrected chi connectivity index (χ1v) is 13.7. The van der Waals surface area contributed by atoms with Crippen molar-refractivity contribution in [3.63, 3.8) is 0 Å². The van der Waals surface area contributed by atoms with Crippen LogP contribution in [-0.2, 0) is 14.4 Å². The van der Waals surface area contributed by atoms with Crippen molar-refractivity contribution in [2.45, 2.75) is 70.9 Å². The SMILES string of the molecule is CC(C)N1CC(C(=O)O)C(=O)C2CCC(C(=O)C3CCC(CN(CCCl)CCCl)CC3)CC21. The largest absolute Gasteiger partial charge is 0.481 e. The number of carbonyl (C=O) groups excluding carboxylic acids is 2. The minimum atomic E-state index is -1.02. The van der Waals surface area contributed by atoms with Crippen LogP contribution in [-0.4, -0.2) is 82.5 Å². The van der Waals surface area contributed by atoms with Gasteiger partial charge in [0.1, 0.15) is 11.7 Å². The zero-order valence-electron chi connectivity index (χ0n) is 20.1. The molecule has 2 saturated carbocycles. The van der Waals surface area contributed by atoms with E-state index >= 15 is 0 Å². The molecule has 188 valence electrons. The number of hydrogen-bond donors (Lipinski definition) is 1. The summed E-state index contributed by atoms with van der Waals surface area (Å²) >= 11 is 11.9. The molecule has 6 nitrogen and oxygen atoms in total. The highest BCUT2D eigenvalue weighted by Gasteiger charge is 2.49. The van der Waals surface area contributed by atoms with Crippen LogP contribution in [0.15, 0.2) is 0 Å². The summed E-state index contributed by atoms with van der Waals surface area (Å²) in [6.45, 7) is 7.08. The van der Waals surface area contributed by atoms with Crippen molar-refractivity contribution in [3.8, 4) is 0 Å². The Kier molecular flexibility index (Phi) is 10.0. The number of fused-ring (bicyclic) bond motifs is 1. The van der Waals surface area contributed by atoms with Gasteiger partial charge in [0, 0.05) is 67.8 Å². The lowest BCUT2D eigenvalue weighted by Gasteiger charge is -2.49. The number of rotatable bonds is 10. The Balaban J connectivity index is 1.57. The number of aliphatic carboxylic acids is 1. The maximum atomic E-state index is 13.4. The van der Waals surface area contributed by atoms with Gasteiger partial charge >= 0.3 is 5.97 Å². The number of carboxylic acids is 1. The maximum absolute atomic E-state index is 13.4. The van der Waals surface area contributed by atoms with Gasteiger partial charge in [-0.05, 0) is 64.7 Å². The van der Waals surface area contributed by atoms with Crippen LogP contribution in [0.3, 0.4) is 0 Å². The monoisotopic (exact) mass is 502 g/mol. The Bertz CT molecular complexity index is 690. The molecule has 0 bridgehead atoms. The van der Waals surface area contributed by atoms with Gasteiger partial charge in [-0.2, -0.15) is 0 Å². The summed E-state index contributed by atoms with van der Waals surface area (Å²) in [6.07, 6.45) is 6.05. The lowest BCUT2D eigenvalue weighted by molar-refractivity contribution is -0.156. The third-order valence-corrected chi connectivity index (χ3v) is 8.61. The molecule has 4 unspecified atom stereocenters. The number of nitrogens with zero attached hydrogens (tertiary/aromatic N) is 2. The van der Waals surface area contributed by atoms with E-state index in [0.717, 1.165) is 45.3 Å². The lowest BCUT2D eigenvalue weighted by atomic mass is 9.67. The Morgan fingerprint density at radius 2 is 1.64 bits per heavy atom. The summed E-state index contributed by atoms with van der Waals surface area (Å²) in [5.74, 6) is -0.0364. The van der Waals surface area contributed by atoms with Crippen molar-refractivity contribution >= 4 is 40.7 Å². The minimum Gasteiger partial charge on any atom is -0.481 e. The number of carbonyl (C=O) groups is 3. The van der Waals surface area contributed by atoms with Crippen molar-refractivity contribution in [1.29, 1.82) is 0 Å².